The topological polar surface area (TPSA) is 43.6 Å². The number of hydrogen-bond acceptors (Lipinski definition) is 4. The molecule has 0 aliphatic carbocycles. The highest BCUT2D eigenvalue weighted by Crippen LogP contribution is 2.01. The smallest absolute Gasteiger partial charge is 0.188 e. The molecule has 2 heterocycles. The molecule has 0 aliphatic heterocycles. The molecule has 0 saturated heterocycles. The number of hydrogen-bond donors (Lipinski definition) is 0. The lowest BCUT2D eigenvalue weighted by Crippen LogP contribution is -1.93. The van der Waals surface area contributed by atoms with Crippen molar-refractivity contribution in [2.24, 2.45) is 0 Å². The minimum Gasteiger partial charge on any atom is -0.220 e. The molecule has 0 unspecified atom stereocenters. The van der Waals surface area contributed by atoms with Crippen molar-refractivity contribution in [3.8, 4) is 5.82 Å². The quantitative estimate of drug-likeness (QED) is 0.604. The number of aromatic nitrogens is 4. The molecule has 0 N–H and O–H groups in total. The normalized spacial score (nSPS) is 10.0. The summed E-state index contributed by atoms with van der Waals surface area (Å²) in [5, 5.41) is 9.65. The fourth-order valence-electron chi connectivity index (χ4n) is 0.664. The summed E-state index contributed by atoms with van der Waals surface area (Å²) in [7, 11) is 0. The lowest BCUT2D eigenvalue weighted by Gasteiger charge is -1.88. The SMILES string of the molecule is c1cnn(-c2csnn2)c1. The molecule has 0 saturated carbocycles. The van der Waals surface area contributed by atoms with Gasteiger partial charge in [-0.15, -0.1) is 5.10 Å². The number of rotatable bonds is 1. The average molecular weight is 152 g/mol. The van der Waals surface area contributed by atoms with Crippen molar-refractivity contribution in [3.05, 3.63) is 23.8 Å². The van der Waals surface area contributed by atoms with E-state index in [9.17, 15) is 0 Å². The zero-order valence-corrected chi connectivity index (χ0v) is 5.82. The molecular formula is C5H4N4S. The Hall–Kier alpha value is -1.23. The second-order valence-corrected chi connectivity index (χ2v) is 2.32. The molecular weight excluding hydrogens is 148 g/mol. The molecule has 50 valence electrons. The van der Waals surface area contributed by atoms with Gasteiger partial charge in [0, 0.05) is 12.4 Å². The van der Waals surface area contributed by atoms with Gasteiger partial charge >= 0.3 is 0 Å². The van der Waals surface area contributed by atoms with Crippen LogP contribution in [0.4, 0.5) is 0 Å². The maximum Gasteiger partial charge on any atom is 0.188 e. The van der Waals surface area contributed by atoms with E-state index >= 15 is 0 Å². The summed E-state index contributed by atoms with van der Waals surface area (Å²) >= 11 is 1.32. The average Bonchev–Trinajstić information content (AvgIpc) is 2.59. The van der Waals surface area contributed by atoms with E-state index in [0.717, 1.165) is 5.82 Å². The van der Waals surface area contributed by atoms with Crippen LogP contribution < -0.4 is 0 Å². The predicted octanol–water partition coefficient (Wildman–Crippen LogP) is 0.724. The zero-order chi connectivity index (χ0) is 6.81. The van der Waals surface area contributed by atoms with E-state index in [1.54, 1.807) is 10.9 Å². The first-order valence-corrected chi connectivity index (χ1v) is 3.57. The third kappa shape index (κ3) is 0.801. The van der Waals surface area contributed by atoms with Gasteiger partial charge in [-0.05, 0) is 17.6 Å². The lowest BCUT2D eigenvalue weighted by atomic mass is 10.7. The maximum absolute atomic E-state index is 3.98. The van der Waals surface area contributed by atoms with Gasteiger partial charge in [-0.25, -0.2) is 4.68 Å². The van der Waals surface area contributed by atoms with E-state index in [-0.39, 0.29) is 0 Å². The molecule has 0 radical (unpaired) electrons. The molecule has 2 rings (SSSR count). The second kappa shape index (κ2) is 2.18. The second-order valence-electron chi connectivity index (χ2n) is 1.71. The first-order chi connectivity index (χ1) is 4.97. The Bertz CT molecular complexity index is 253. The molecule has 0 aliphatic rings. The summed E-state index contributed by atoms with van der Waals surface area (Å²) in [5.74, 6) is 0.773. The lowest BCUT2D eigenvalue weighted by molar-refractivity contribution is 0.838. The van der Waals surface area contributed by atoms with Crippen molar-refractivity contribution in [1.82, 2.24) is 19.4 Å². The first-order valence-electron chi connectivity index (χ1n) is 2.74. The van der Waals surface area contributed by atoms with Gasteiger partial charge in [0.2, 0.25) is 0 Å². The Labute approximate surface area is 61.3 Å². The van der Waals surface area contributed by atoms with Gasteiger partial charge in [0.1, 0.15) is 0 Å². The van der Waals surface area contributed by atoms with Gasteiger partial charge in [0.25, 0.3) is 0 Å². The largest absolute Gasteiger partial charge is 0.220 e. The van der Waals surface area contributed by atoms with Crippen LogP contribution in [0.1, 0.15) is 0 Å². The van der Waals surface area contributed by atoms with Gasteiger partial charge in [0.05, 0.1) is 5.38 Å². The molecule has 0 atom stereocenters. The van der Waals surface area contributed by atoms with Gasteiger partial charge < -0.3 is 0 Å². The summed E-state index contributed by atoms with van der Waals surface area (Å²) in [6.45, 7) is 0. The Kier molecular flexibility index (Phi) is 1.21. The molecule has 0 spiro atoms. The minimum absolute atomic E-state index is 0.773. The number of nitrogens with zero attached hydrogens (tertiary/aromatic N) is 4. The Balaban J connectivity index is 2.48. The molecule has 0 aromatic carbocycles. The van der Waals surface area contributed by atoms with Gasteiger partial charge in [-0.3, -0.25) is 0 Å². The van der Waals surface area contributed by atoms with E-state index < -0.39 is 0 Å². The van der Waals surface area contributed by atoms with Gasteiger partial charge in [0.15, 0.2) is 5.82 Å². The van der Waals surface area contributed by atoms with Gasteiger partial charge in [-0.2, -0.15) is 5.10 Å². The van der Waals surface area contributed by atoms with Gasteiger partial charge in [-0.1, -0.05) is 4.49 Å². The van der Waals surface area contributed by atoms with E-state index in [4.69, 9.17) is 0 Å². The van der Waals surface area contributed by atoms with Crippen molar-refractivity contribution in [3.63, 3.8) is 0 Å². The molecule has 10 heavy (non-hydrogen) atoms. The standard InChI is InChI=1S/C5H4N4S/c1-2-6-9(3-1)5-4-10-8-7-5/h1-4H. The van der Waals surface area contributed by atoms with Crippen molar-refractivity contribution in [2.75, 3.05) is 0 Å². The summed E-state index contributed by atoms with van der Waals surface area (Å²) in [6.07, 6.45) is 3.54. The van der Waals surface area contributed by atoms with Crippen molar-refractivity contribution in [1.29, 1.82) is 0 Å². The van der Waals surface area contributed by atoms with Crippen LogP contribution in [0, 0.1) is 0 Å². The summed E-state index contributed by atoms with van der Waals surface area (Å²) in [5.41, 5.74) is 0. The van der Waals surface area contributed by atoms with E-state index in [1.165, 1.54) is 11.5 Å². The van der Waals surface area contributed by atoms with E-state index in [0.29, 0.717) is 0 Å². The highest BCUT2D eigenvalue weighted by atomic mass is 32.1. The van der Waals surface area contributed by atoms with Crippen LogP contribution >= 0.6 is 11.5 Å². The molecule has 4 nitrogen and oxygen atoms in total. The van der Waals surface area contributed by atoms with Crippen molar-refractivity contribution >= 4 is 11.5 Å². The highest BCUT2D eigenvalue weighted by Gasteiger charge is 1.95. The Morgan fingerprint density at radius 3 is 3.10 bits per heavy atom. The molecule has 5 heteroatoms. The predicted molar refractivity (Wildman–Crippen MR) is 37.0 cm³/mol. The molecule has 2 aromatic rings. The third-order valence-corrected chi connectivity index (χ3v) is 1.58. The van der Waals surface area contributed by atoms with Crippen LogP contribution in [0.3, 0.4) is 0 Å². The van der Waals surface area contributed by atoms with Crippen LogP contribution in [0.2, 0.25) is 0 Å². The highest BCUT2D eigenvalue weighted by molar-refractivity contribution is 7.03. The molecule has 2 aromatic heterocycles. The fourth-order valence-corrected chi connectivity index (χ4v) is 1.09. The van der Waals surface area contributed by atoms with Crippen molar-refractivity contribution in [2.45, 2.75) is 0 Å². The van der Waals surface area contributed by atoms with Crippen LogP contribution in [0.15, 0.2) is 23.8 Å². The Morgan fingerprint density at radius 1 is 1.50 bits per heavy atom. The van der Waals surface area contributed by atoms with E-state index in [1.807, 2.05) is 17.6 Å². The summed E-state index contributed by atoms with van der Waals surface area (Å²) < 4.78 is 5.38. The molecule has 0 fully saturated rings. The summed E-state index contributed by atoms with van der Waals surface area (Å²) in [4.78, 5) is 0. The maximum atomic E-state index is 3.98. The zero-order valence-electron chi connectivity index (χ0n) is 5.01. The van der Waals surface area contributed by atoms with Crippen LogP contribution in [0.5, 0.6) is 0 Å². The minimum atomic E-state index is 0.773. The van der Waals surface area contributed by atoms with Crippen molar-refractivity contribution < 1.29 is 0 Å². The fraction of sp³-hybridized carbons (Fsp3) is 0. The monoisotopic (exact) mass is 152 g/mol. The Morgan fingerprint density at radius 2 is 2.50 bits per heavy atom. The van der Waals surface area contributed by atoms with Crippen LogP contribution in [0.25, 0.3) is 5.82 Å². The van der Waals surface area contributed by atoms with Crippen LogP contribution in [-0.2, 0) is 0 Å². The van der Waals surface area contributed by atoms with E-state index in [2.05, 4.69) is 14.7 Å². The molecule has 0 bridgehead atoms. The molecule has 0 amide bonds. The summed E-state index contributed by atoms with van der Waals surface area (Å²) in [6, 6.07) is 1.85. The van der Waals surface area contributed by atoms with Crippen LogP contribution in [-0.4, -0.2) is 19.4 Å². The third-order valence-electron chi connectivity index (χ3n) is 1.09. The first kappa shape index (κ1) is 5.55.